The van der Waals surface area contributed by atoms with E-state index in [1.807, 2.05) is 30.3 Å². The number of hydrogen-bond donors (Lipinski definition) is 1. The number of hydrogen-bond acceptors (Lipinski definition) is 10. The Balaban J connectivity index is 0.882. The molecule has 1 aromatic carbocycles. The van der Waals surface area contributed by atoms with Crippen molar-refractivity contribution < 1.29 is 47.9 Å². The Morgan fingerprint density at radius 2 is 1.71 bits per heavy atom. The van der Waals surface area contributed by atoms with Gasteiger partial charge in [-0.2, -0.15) is 0 Å². The van der Waals surface area contributed by atoms with Gasteiger partial charge in [-0.15, -0.1) is 0 Å². The number of carbonyl (C=O) groups is 2. The van der Waals surface area contributed by atoms with Gasteiger partial charge in [0.05, 0.1) is 30.8 Å². The van der Waals surface area contributed by atoms with Crippen LogP contribution in [0.3, 0.4) is 0 Å². The van der Waals surface area contributed by atoms with Crippen LogP contribution in [0.15, 0.2) is 30.3 Å². The van der Waals surface area contributed by atoms with Gasteiger partial charge >= 0.3 is 5.97 Å². The number of rotatable bonds is 4. The van der Waals surface area contributed by atoms with Crippen molar-refractivity contribution in [3.63, 3.8) is 0 Å². The van der Waals surface area contributed by atoms with E-state index in [2.05, 4.69) is 27.7 Å². The number of Topliss-reactive ketones (excluding diaryl/α,β-unsaturated/α-hetero) is 1. The largest absolute Gasteiger partial charge is 0.456 e. The molecular weight excluding hydrogens is 700 g/mol. The van der Waals surface area contributed by atoms with Gasteiger partial charge in [-0.05, 0) is 101 Å². The van der Waals surface area contributed by atoms with E-state index < -0.39 is 54.2 Å². The van der Waals surface area contributed by atoms with E-state index in [0.29, 0.717) is 41.8 Å². The lowest BCUT2D eigenvalue weighted by Crippen LogP contribution is -2.64. The summed E-state index contributed by atoms with van der Waals surface area (Å²) in [5, 5.41) is 11.8. The Labute approximate surface area is 327 Å². The average Bonchev–Trinajstić information content (AvgIpc) is 3.61. The van der Waals surface area contributed by atoms with E-state index >= 15 is 0 Å². The molecule has 4 heterocycles. The molecule has 8 fully saturated rings. The highest BCUT2D eigenvalue weighted by Gasteiger charge is 2.72. The van der Waals surface area contributed by atoms with Crippen molar-refractivity contribution in [3.05, 3.63) is 35.9 Å². The number of esters is 1. The monoisotopic (exact) mass is 764 g/mol. The summed E-state index contributed by atoms with van der Waals surface area (Å²) < 4.78 is 45.1. The first-order valence-electron chi connectivity index (χ1n) is 21.5. The summed E-state index contributed by atoms with van der Waals surface area (Å²) in [6.45, 7) is 15.6. The van der Waals surface area contributed by atoms with Gasteiger partial charge in [-0.3, -0.25) is 9.59 Å². The Bertz CT molecular complexity index is 1600. The fourth-order valence-electron chi connectivity index (χ4n) is 13.1. The van der Waals surface area contributed by atoms with E-state index in [4.69, 9.17) is 33.2 Å². The Morgan fingerprint density at radius 1 is 0.927 bits per heavy atom. The maximum Gasteiger partial charge on any atom is 0.311 e. The molecule has 4 saturated carbocycles. The minimum Gasteiger partial charge on any atom is -0.456 e. The van der Waals surface area contributed by atoms with Crippen molar-refractivity contribution in [3.8, 4) is 0 Å². The van der Waals surface area contributed by atoms with Crippen molar-refractivity contribution in [1.82, 2.24) is 0 Å². The minimum atomic E-state index is -1.24. The fraction of sp³-hybridized carbons (Fsp3) is 0.822. The molecule has 1 N–H and O–H groups in total. The highest BCUT2D eigenvalue weighted by Crippen LogP contribution is 2.70. The van der Waals surface area contributed by atoms with Crippen molar-refractivity contribution in [1.29, 1.82) is 0 Å². The van der Waals surface area contributed by atoms with Gasteiger partial charge in [0.1, 0.15) is 24.1 Å². The predicted molar refractivity (Wildman–Crippen MR) is 201 cm³/mol. The second-order valence-corrected chi connectivity index (χ2v) is 20.4. The van der Waals surface area contributed by atoms with Crippen molar-refractivity contribution >= 4 is 11.8 Å². The second kappa shape index (κ2) is 13.8. The molecule has 18 atom stereocenters. The fourth-order valence-corrected chi connectivity index (χ4v) is 13.1. The molecular formula is C45H64O10. The predicted octanol–water partition coefficient (Wildman–Crippen LogP) is 7.16. The summed E-state index contributed by atoms with van der Waals surface area (Å²) in [5.74, 6) is 2.07. The van der Waals surface area contributed by atoms with E-state index in [-0.39, 0.29) is 41.5 Å². The molecule has 0 aromatic heterocycles. The molecule has 10 heteroatoms. The first-order valence-corrected chi connectivity index (χ1v) is 21.5. The van der Waals surface area contributed by atoms with Gasteiger partial charge < -0.3 is 38.3 Å². The van der Waals surface area contributed by atoms with Crippen molar-refractivity contribution in [2.45, 2.75) is 161 Å². The van der Waals surface area contributed by atoms with Crippen LogP contribution in [0.4, 0.5) is 0 Å². The summed E-state index contributed by atoms with van der Waals surface area (Å²) in [4.78, 5) is 27.8. The summed E-state index contributed by atoms with van der Waals surface area (Å²) in [6.07, 6.45) is 3.22. The molecule has 1 spiro atoms. The number of carbonyl (C=O) groups excluding carboxylic acids is 2. The summed E-state index contributed by atoms with van der Waals surface area (Å²) in [7, 11) is 0. The third kappa shape index (κ3) is 6.21. The number of aliphatic hydroxyl groups is 1. The molecule has 0 radical (unpaired) electrons. The Kier molecular flexibility index (Phi) is 9.71. The summed E-state index contributed by atoms with van der Waals surface area (Å²) in [5.41, 5.74) is -0.258. The standard InChI is InChI=1S/C45H64O10/c1-24-15-18-45(50-22-24)25(2)35-32(55-45)20-31-29-14-13-27-19-28(16-17-43(27,6)30(29)21-34(46)44(31,35)7)51-40-36(47)38(54-41(48)42(3,4)5)37-33(52-40)23-49-39(53-37)26-11-9-8-10-12-26/h8-12,24-25,27-33,35-40,47H,13-23H2,1-7H3/t24-,25+,27+,28+,29-,30+,31+,32+,33-,35+,36-,37-,38-,39-,40-,43+,44-,45-/m1/s1. The van der Waals surface area contributed by atoms with Crippen LogP contribution in [0.2, 0.25) is 0 Å². The van der Waals surface area contributed by atoms with Crippen LogP contribution in [-0.2, 0) is 42.7 Å². The van der Waals surface area contributed by atoms with E-state index in [0.717, 1.165) is 63.5 Å². The van der Waals surface area contributed by atoms with Crippen LogP contribution >= 0.6 is 0 Å². The third-order valence-corrected chi connectivity index (χ3v) is 16.3. The topological polar surface area (TPSA) is 119 Å². The van der Waals surface area contributed by atoms with Crippen LogP contribution in [-0.4, -0.2) is 78.8 Å². The average molecular weight is 765 g/mol. The van der Waals surface area contributed by atoms with Crippen LogP contribution in [0, 0.1) is 57.7 Å². The zero-order valence-corrected chi connectivity index (χ0v) is 33.9. The van der Waals surface area contributed by atoms with Crippen LogP contribution < -0.4 is 0 Å². The van der Waals surface area contributed by atoms with Gasteiger partial charge in [-0.1, -0.05) is 58.0 Å². The Hall–Kier alpha value is -1.92. The number of fused-ring (bicyclic) bond motifs is 8. The molecule has 304 valence electrons. The Morgan fingerprint density at radius 3 is 2.44 bits per heavy atom. The number of ether oxygens (including phenoxy) is 7. The molecule has 4 aliphatic carbocycles. The maximum absolute atomic E-state index is 14.6. The lowest BCUT2D eigenvalue weighted by atomic mass is 9.44. The second-order valence-electron chi connectivity index (χ2n) is 20.4. The van der Waals surface area contributed by atoms with Crippen LogP contribution in [0.25, 0.3) is 0 Å². The minimum absolute atomic E-state index is 0.0349. The molecule has 0 amide bonds. The summed E-state index contributed by atoms with van der Waals surface area (Å²) >= 11 is 0. The highest BCUT2D eigenvalue weighted by molar-refractivity contribution is 5.87. The van der Waals surface area contributed by atoms with Crippen LogP contribution in [0.1, 0.15) is 118 Å². The molecule has 1 aromatic rings. The van der Waals surface area contributed by atoms with E-state index in [1.165, 1.54) is 0 Å². The summed E-state index contributed by atoms with van der Waals surface area (Å²) in [6, 6.07) is 9.62. The lowest BCUT2D eigenvalue weighted by Gasteiger charge is -2.60. The SMILES string of the molecule is C[C@@H]1CC[C@@]2(OC1)O[C@H]1C[C@H]3[C@@H]4CC[C@H]5C[C@@H](O[C@@H]6O[C@@H]7CO[C@@H](c8ccccc8)O[C@H]7[C@H](OC(=O)C(C)(C)C)[C@H]6O)CC[C@]5(C)[C@H]4CC(=O)[C@]3(C)[C@H]1[C@@H]2C. The number of aliphatic hydroxyl groups excluding tert-OH is 1. The lowest BCUT2D eigenvalue weighted by molar-refractivity contribution is -0.369. The van der Waals surface area contributed by atoms with Gasteiger partial charge in [-0.25, -0.2) is 0 Å². The number of benzene rings is 1. The quantitative estimate of drug-likeness (QED) is 0.250. The molecule has 10 nitrogen and oxygen atoms in total. The van der Waals surface area contributed by atoms with Gasteiger partial charge in [0.2, 0.25) is 0 Å². The normalized spacial score (nSPS) is 50.7. The van der Waals surface area contributed by atoms with E-state index in [9.17, 15) is 14.7 Å². The van der Waals surface area contributed by atoms with Gasteiger partial charge in [0.25, 0.3) is 0 Å². The first-order chi connectivity index (χ1) is 26.1. The van der Waals surface area contributed by atoms with Crippen molar-refractivity contribution in [2.75, 3.05) is 13.2 Å². The molecule has 55 heavy (non-hydrogen) atoms. The van der Waals surface area contributed by atoms with E-state index in [1.54, 1.807) is 20.8 Å². The number of ketones is 1. The molecule has 4 aliphatic heterocycles. The van der Waals surface area contributed by atoms with Crippen LogP contribution in [0.5, 0.6) is 0 Å². The highest BCUT2D eigenvalue weighted by atomic mass is 16.8. The molecule has 0 bridgehead atoms. The van der Waals surface area contributed by atoms with Gasteiger partial charge in [0, 0.05) is 35.7 Å². The smallest absolute Gasteiger partial charge is 0.311 e. The zero-order chi connectivity index (χ0) is 38.7. The molecule has 4 saturated heterocycles. The molecule has 8 aliphatic rings. The molecule has 9 rings (SSSR count). The third-order valence-electron chi connectivity index (χ3n) is 16.3. The zero-order valence-electron chi connectivity index (χ0n) is 33.9. The van der Waals surface area contributed by atoms with Crippen molar-refractivity contribution in [2.24, 2.45) is 57.7 Å². The molecule has 0 unspecified atom stereocenters. The van der Waals surface area contributed by atoms with Gasteiger partial charge in [0.15, 0.2) is 24.5 Å². The maximum atomic E-state index is 14.6. The first kappa shape index (κ1) is 38.6.